The second kappa shape index (κ2) is 7.04. The minimum atomic E-state index is 0.456. The summed E-state index contributed by atoms with van der Waals surface area (Å²) in [6, 6.07) is 12.3. The molecule has 19 heavy (non-hydrogen) atoms. The molecule has 1 N–H and O–H groups in total. The molecule has 1 heterocycles. The summed E-state index contributed by atoms with van der Waals surface area (Å²) >= 11 is 0. The maximum Gasteiger partial charge on any atom is 0.0618 e. The van der Waals surface area contributed by atoms with Gasteiger partial charge in [0.1, 0.15) is 0 Å². The highest BCUT2D eigenvalue weighted by Crippen LogP contribution is 2.26. The number of rotatable bonds is 5. The Labute approximate surface area is 116 Å². The van der Waals surface area contributed by atoms with E-state index in [1.165, 1.54) is 5.56 Å². The van der Waals surface area contributed by atoms with Gasteiger partial charge in [0.15, 0.2) is 0 Å². The number of ether oxygens (including phenoxy) is 1. The van der Waals surface area contributed by atoms with Crippen molar-refractivity contribution >= 4 is 0 Å². The number of methoxy groups -OCH3 is 1. The summed E-state index contributed by atoms with van der Waals surface area (Å²) in [4.78, 5) is 2.61. The Kier molecular flexibility index (Phi) is 5.37. The largest absolute Gasteiger partial charge is 0.383 e. The quantitative estimate of drug-likeness (QED) is 0.882. The molecular formula is C16H26N2O. The van der Waals surface area contributed by atoms with Crippen molar-refractivity contribution in [1.82, 2.24) is 10.2 Å². The van der Waals surface area contributed by atoms with E-state index in [2.05, 4.69) is 54.4 Å². The van der Waals surface area contributed by atoms with Crippen LogP contribution in [0.25, 0.3) is 0 Å². The molecule has 1 aliphatic rings. The fourth-order valence-corrected chi connectivity index (χ4v) is 2.97. The predicted octanol–water partition coefficient (Wildman–Crippen LogP) is 2.45. The van der Waals surface area contributed by atoms with Gasteiger partial charge in [-0.05, 0) is 18.9 Å². The number of piperazine rings is 1. The van der Waals surface area contributed by atoms with E-state index in [9.17, 15) is 0 Å². The Morgan fingerprint density at radius 2 is 2.11 bits per heavy atom. The van der Waals surface area contributed by atoms with Crippen LogP contribution in [0.15, 0.2) is 30.3 Å². The van der Waals surface area contributed by atoms with Gasteiger partial charge in [0.25, 0.3) is 0 Å². The lowest BCUT2D eigenvalue weighted by molar-refractivity contribution is 0.0329. The molecule has 1 aromatic carbocycles. The molecule has 1 aromatic rings. The summed E-state index contributed by atoms with van der Waals surface area (Å²) in [6.45, 7) is 7.42. The molecular weight excluding hydrogens is 236 g/mol. The van der Waals surface area contributed by atoms with E-state index in [0.717, 1.165) is 26.1 Å². The number of hydrogen-bond acceptors (Lipinski definition) is 3. The molecule has 0 amide bonds. The van der Waals surface area contributed by atoms with Gasteiger partial charge in [0.05, 0.1) is 6.61 Å². The maximum absolute atomic E-state index is 5.41. The van der Waals surface area contributed by atoms with Gasteiger partial charge >= 0.3 is 0 Å². The van der Waals surface area contributed by atoms with E-state index in [-0.39, 0.29) is 0 Å². The lowest BCUT2D eigenvalue weighted by atomic mass is 9.98. The molecule has 0 radical (unpaired) electrons. The molecule has 0 aromatic heterocycles. The monoisotopic (exact) mass is 262 g/mol. The molecule has 0 bridgehead atoms. The number of hydrogen-bond donors (Lipinski definition) is 1. The summed E-state index contributed by atoms with van der Waals surface area (Å²) in [6.07, 6.45) is 1.13. The summed E-state index contributed by atoms with van der Waals surface area (Å²) in [5.41, 5.74) is 1.40. The Morgan fingerprint density at radius 3 is 2.74 bits per heavy atom. The van der Waals surface area contributed by atoms with Crippen LogP contribution in [-0.2, 0) is 4.74 Å². The second-order valence-corrected chi connectivity index (χ2v) is 5.45. The first-order valence-electron chi connectivity index (χ1n) is 7.29. The van der Waals surface area contributed by atoms with E-state index in [1.807, 2.05) is 0 Å². The SMILES string of the molecule is CCC(COC)N1CC(C)NCC1c1ccccc1. The van der Waals surface area contributed by atoms with Crippen LogP contribution in [-0.4, -0.2) is 43.8 Å². The smallest absolute Gasteiger partial charge is 0.0618 e. The van der Waals surface area contributed by atoms with Crippen LogP contribution >= 0.6 is 0 Å². The molecule has 0 saturated carbocycles. The van der Waals surface area contributed by atoms with Crippen LogP contribution in [0.3, 0.4) is 0 Å². The van der Waals surface area contributed by atoms with Gasteiger partial charge in [0, 0.05) is 38.3 Å². The van der Waals surface area contributed by atoms with Gasteiger partial charge in [-0.15, -0.1) is 0 Å². The first-order valence-corrected chi connectivity index (χ1v) is 7.29. The highest BCUT2D eigenvalue weighted by atomic mass is 16.5. The molecule has 3 nitrogen and oxygen atoms in total. The van der Waals surface area contributed by atoms with E-state index in [1.54, 1.807) is 7.11 Å². The van der Waals surface area contributed by atoms with Crippen LogP contribution in [0, 0.1) is 0 Å². The normalized spacial score (nSPS) is 26.3. The lowest BCUT2D eigenvalue weighted by Crippen LogP contribution is -2.55. The molecule has 3 unspecified atom stereocenters. The van der Waals surface area contributed by atoms with Gasteiger partial charge in [-0.25, -0.2) is 0 Å². The Morgan fingerprint density at radius 1 is 1.37 bits per heavy atom. The average molecular weight is 262 g/mol. The van der Waals surface area contributed by atoms with E-state index < -0.39 is 0 Å². The van der Waals surface area contributed by atoms with Crippen molar-refractivity contribution in [3.05, 3.63) is 35.9 Å². The van der Waals surface area contributed by atoms with Gasteiger partial charge in [-0.3, -0.25) is 4.90 Å². The van der Waals surface area contributed by atoms with Crippen molar-refractivity contribution in [2.75, 3.05) is 26.8 Å². The fraction of sp³-hybridized carbons (Fsp3) is 0.625. The molecule has 106 valence electrons. The number of nitrogens with zero attached hydrogens (tertiary/aromatic N) is 1. The Hall–Kier alpha value is -0.900. The van der Waals surface area contributed by atoms with Gasteiger partial charge in [-0.1, -0.05) is 37.3 Å². The third-order valence-corrected chi connectivity index (χ3v) is 4.03. The minimum Gasteiger partial charge on any atom is -0.383 e. The number of benzene rings is 1. The van der Waals surface area contributed by atoms with Crippen LogP contribution in [0.5, 0.6) is 0 Å². The number of nitrogens with one attached hydrogen (secondary N) is 1. The van der Waals surface area contributed by atoms with Crippen LogP contribution < -0.4 is 5.32 Å². The first-order chi connectivity index (χ1) is 9.26. The molecule has 1 fully saturated rings. The topological polar surface area (TPSA) is 24.5 Å². The second-order valence-electron chi connectivity index (χ2n) is 5.45. The molecule has 3 heteroatoms. The zero-order valence-corrected chi connectivity index (χ0v) is 12.3. The molecule has 0 aliphatic carbocycles. The van der Waals surface area contributed by atoms with Crippen molar-refractivity contribution in [2.24, 2.45) is 0 Å². The third kappa shape index (κ3) is 3.56. The zero-order chi connectivity index (χ0) is 13.7. The van der Waals surface area contributed by atoms with Gasteiger partial charge < -0.3 is 10.1 Å². The summed E-state index contributed by atoms with van der Waals surface area (Å²) in [7, 11) is 1.80. The van der Waals surface area contributed by atoms with Crippen molar-refractivity contribution in [3.63, 3.8) is 0 Å². The molecule has 0 spiro atoms. The standard InChI is InChI=1S/C16H26N2O/c1-4-15(12-19-3)18-11-13(2)17-10-16(18)14-8-6-5-7-9-14/h5-9,13,15-17H,4,10-12H2,1-3H3. The maximum atomic E-state index is 5.41. The van der Waals surface area contributed by atoms with Crippen molar-refractivity contribution in [3.8, 4) is 0 Å². The van der Waals surface area contributed by atoms with Crippen molar-refractivity contribution in [2.45, 2.75) is 38.4 Å². The van der Waals surface area contributed by atoms with E-state index >= 15 is 0 Å². The zero-order valence-electron chi connectivity index (χ0n) is 12.3. The summed E-state index contributed by atoms with van der Waals surface area (Å²) < 4.78 is 5.41. The van der Waals surface area contributed by atoms with Crippen molar-refractivity contribution in [1.29, 1.82) is 0 Å². The van der Waals surface area contributed by atoms with Crippen LogP contribution in [0.1, 0.15) is 31.9 Å². The fourth-order valence-electron chi connectivity index (χ4n) is 2.97. The first kappa shape index (κ1) is 14.5. The molecule has 1 aliphatic heterocycles. The van der Waals surface area contributed by atoms with E-state index in [4.69, 9.17) is 4.74 Å². The minimum absolute atomic E-state index is 0.456. The Bertz CT molecular complexity index is 368. The molecule has 3 atom stereocenters. The average Bonchev–Trinajstić information content (AvgIpc) is 2.45. The summed E-state index contributed by atoms with van der Waals surface area (Å²) in [5, 5.41) is 3.60. The van der Waals surface area contributed by atoms with Crippen molar-refractivity contribution < 1.29 is 4.74 Å². The predicted molar refractivity (Wildman–Crippen MR) is 79.3 cm³/mol. The van der Waals surface area contributed by atoms with E-state index in [0.29, 0.717) is 18.1 Å². The third-order valence-electron chi connectivity index (χ3n) is 4.03. The molecule has 1 saturated heterocycles. The highest BCUT2D eigenvalue weighted by molar-refractivity contribution is 5.20. The molecule has 2 rings (SSSR count). The van der Waals surface area contributed by atoms with Gasteiger partial charge in [-0.2, -0.15) is 0 Å². The van der Waals surface area contributed by atoms with Crippen LogP contribution in [0.2, 0.25) is 0 Å². The highest BCUT2D eigenvalue weighted by Gasteiger charge is 2.31. The summed E-state index contributed by atoms with van der Waals surface area (Å²) in [5.74, 6) is 0. The lowest BCUT2D eigenvalue weighted by Gasteiger charge is -2.43. The van der Waals surface area contributed by atoms with Gasteiger partial charge in [0.2, 0.25) is 0 Å². The van der Waals surface area contributed by atoms with Crippen LogP contribution in [0.4, 0.5) is 0 Å². The Balaban J connectivity index is 2.19.